The molecule has 5 rings (SSSR count). The molecule has 1 saturated carbocycles. The van der Waals surface area contributed by atoms with Gasteiger partial charge in [-0.3, -0.25) is 9.59 Å². The number of halogens is 2. The van der Waals surface area contributed by atoms with Gasteiger partial charge in [-0.05, 0) is 72.4 Å². The summed E-state index contributed by atoms with van der Waals surface area (Å²) in [6.45, 7) is 2.11. The first-order valence-corrected chi connectivity index (χ1v) is 15.3. The highest BCUT2D eigenvalue weighted by molar-refractivity contribution is 7.89. The standard InChI is InChI=1S/C30H30F2N2O7S/c1-42(37,38)33-29(35)20-4-5-21(28(32)15-20)18-41-27-13-23(11-25(31)16-27)22-10-24(30(36)34-6-8-39-9-7-34)14-26(12-22)40-17-19-2-3-19/h4-5,10-16,19H,2-3,6-9,17-18H2,1H3,(H,33,35). The Balaban J connectivity index is 1.36. The van der Waals surface area contributed by atoms with Gasteiger partial charge < -0.3 is 19.1 Å². The van der Waals surface area contributed by atoms with Gasteiger partial charge in [-0.2, -0.15) is 0 Å². The summed E-state index contributed by atoms with van der Waals surface area (Å²) >= 11 is 0. The maximum absolute atomic E-state index is 14.7. The van der Waals surface area contributed by atoms with Crippen LogP contribution in [0.2, 0.25) is 0 Å². The minimum Gasteiger partial charge on any atom is -0.493 e. The van der Waals surface area contributed by atoms with E-state index in [9.17, 15) is 26.8 Å². The summed E-state index contributed by atoms with van der Waals surface area (Å²) in [5.74, 6) is -1.41. The molecule has 3 aromatic rings. The van der Waals surface area contributed by atoms with Crippen LogP contribution in [0.25, 0.3) is 11.1 Å². The molecule has 0 spiro atoms. The molecule has 1 N–H and O–H groups in total. The second kappa shape index (κ2) is 12.5. The lowest BCUT2D eigenvalue weighted by Gasteiger charge is -2.27. The molecule has 0 bridgehead atoms. The van der Waals surface area contributed by atoms with Gasteiger partial charge in [-0.15, -0.1) is 0 Å². The summed E-state index contributed by atoms with van der Waals surface area (Å²) in [5.41, 5.74) is 1.29. The Morgan fingerprint density at radius 3 is 2.29 bits per heavy atom. The van der Waals surface area contributed by atoms with Gasteiger partial charge in [-0.1, -0.05) is 6.07 Å². The number of hydrogen-bond acceptors (Lipinski definition) is 7. The average molecular weight is 601 g/mol. The predicted octanol–water partition coefficient (Wildman–Crippen LogP) is 4.16. The zero-order chi connectivity index (χ0) is 29.9. The quantitative estimate of drug-likeness (QED) is 0.372. The number of morpholine rings is 1. The topological polar surface area (TPSA) is 111 Å². The van der Waals surface area contributed by atoms with E-state index in [2.05, 4.69) is 0 Å². The number of carbonyl (C=O) groups excluding carboxylic acids is 2. The Labute approximate surface area is 242 Å². The highest BCUT2D eigenvalue weighted by Crippen LogP contribution is 2.33. The molecule has 42 heavy (non-hydrogen) atoms. The van der Waals surface area contributed by atoms with Crippen molar-refractivity contribution in [2.75, 3.05) is 39.2 Å². The van der Waals surface area contributed by atoms with E-state index in [1.165, 1.54) is 18.2 Å². The van der Waals surface area contributed by atoms with E-state index in [1.807, 2.05) is 0 Å². The highest BCUT2D eigenvalue weighted by Gasteiger charge is 2.24. The molecule has 2 fully saturated rings. The molecule has 12 heteroatoms. The van der Waals surface area contributed by atoms with Crippen molar-refractivity contribution in [1.29, 1.82) is 0 Å². The Bertz CT molecular complexity index is 1600. The second-order valence-electron chi connectivity index (χ2n) is 10.4. The van der Waals surface area contributed by atoms with Crippen LogP contribution in [0, 0.1) is 17.6 Å². The molecule has 0 radical (unpaired) electrons. The van der Waals surface area contributed by atoms with Crippen LogP contribution in [0.4, 0.5) is 8.78 Å². The molecular weight excluding hydrogens is 570 g/mol. The number of hydrogen-bond donors (Lipinski definition) is 1. The number of carbonyl (C=O) groups is 2. The first-order valence-electron chi connectivity index (χ1n) is 13.4. The van der Waals surface area contributed by atoms with Gasteiger partial charge in [0.2, 0.25) is 10.0 Å². The van der Waals surface area contributed by atoms with E-state index < -0.39 is 27.6 Å². The zero-order valence-corrected chi connectivity index (χ0v) is 23.7. The third kappa shape index (κ3) is 7.83. The van der Waals surface area contributed by atoms with E-state index in [-0.39, 0.29) is 29.4 Å². The summed E-state index contributed by atoms with van der Waals surface area (Å²) in [4.78, 5) is 27.0. The van der Waals surface area contributed by atoms with Crippen LogP contribution in [0.5, 0.6) is 11.5 Å². The van der Waals surface area contributed by atoms with Crippen LogP contribution >= 0.6 is 0 Å². The lowest BCUT2D eigenvalue weighted by atomic mass is 10.0. The van der Waals surface area contributed by atoms with E-state index >= 15 is 0 Å². The zero-order valence-electron chi connectivity index (χ0n) is 22.9. The summed E-state index contributed by atoms with van der Waals surface area (Å²) in [5, 5.41) is 0. The van der Waals surface area contributed by atoms with Gasteiger partial charge in [0.1, 0.15) is 29.7 Å². The average Bonchev–Trinajstić information content (AvgIpc) is 3.79. The lowest BCUT2D eigenvalue weighted by molar-refractivity contribution is 0.0302. The second-order valence-corrected chi connectivity index (χ2v) is 12.1. The van der Waals surface area contributed by atoms with Gasteiger partial charge in [-0.25, -0.2) is 21.9 Å². The molecule has 1 heterocycles. The fourth-order valence-corrected chi connectivity index (χ4v) is 4.88. The molecule has 0 unspecified atom stereocenters. The van der Waals surface area contributed by atoms with Gasteiger partial charge in [0.05, 0.1) is 26.1 Å². The van der Waals surface area contributed by atoms with Crippen molar-refractivity contribution in [2.45, 2.75) is 19.4 Å². The molecule has 0 aromatic heterocycles. The molecular formula is C30H30F2N2O7S. The van der Waals surface area contributed by atoms with Crippen LogP contribution in [-0.2, 0) is 21.4 Å². The SMILES string of the molecule is CS(=O)(=O)NC(=O)c1ccc(COc2cc(F)cc(-c3cc(OCC4CC4)cc(C(=O)N4CCOCC4)c3)c2)c(F)c1. The number of ether oxygens (including phenoxy) is 3. The van der Waals surface area contributed by atoms with Crippen molar-refractivity contribution in [3.63, 3.8) is 0 Å². The minimum atomic E-state index is -3.81. The number of amides is 2. The van der Waals surface area contributed by atoms with Gasteiger partial charge in [0.25, 0.3) is 11.8 Å². The van der Waals surface area contributed by atoms with Crippen molar-refractivity contribution in [1.82, 2.24) is 9.62 Å². The summed E-state index contributed by atoms with van der Waals surface area (Å²) < 4.78 is 70.8. The maximum Gasteiger partial charge on any atom is 0.264 e. The largest absolute Gasteiger partial charge is 0.493 e. The van der Waals surface area contributed by atoms with Gasteiger partial charge in [0, 0.05) is 35.8 Å². The van der Waals surface area contributed by atoms with Crippen molar-refractivity contribution >= 4 is 21.8 Å². The van der Waals surface area contributed by atoms with E-state index in [4.69, 9.17) is 14.2 Å². The molecule has 9 nitrogen and oxygen atoms in total. The van der Waals surface area contributed by atoms with Crippen LogP contribution in [0.15, 0.2) is 54.6 Å². The lowest BCUT2D eigenvalue weighted by Crippen LogP contribution is -2.40. The number of rotatable bonds is 10. The van der Waals surface area contributed by atoms with Crippen LogP contribution in [-0.4, -0.2) is 64.3 Å². The third-order valence-corrected chi connectivity index (χ3v) is 7.38. The number of nitrogens with one attached hydrogen (secondary N) is 1. The number of nitrogens with zero attached hydrogens (tertiary/aromatic N) is 1. The highest BCUT2D eigenvalue weighted by atomic mass is 32.2. The summed E-state index contributed by atoms with van der Waals surface area (Å²) in [6, 6.07) is 12.6. The first kappa shape index (κ1) is 29.5. The summed E-state index contributed by atoms with van der Waals surface area (Å²) in [7, 11) is -3.81. The van der Waals surface area contributed by atoms with E-state index in [0.717, 1.165) is 31.2 Å². The van der Waals surface area contributed by atoms with Crippen LogP contribution in [0.1, 0.15) is 39.1 Å². The Morgan fingerprint density at radius 1 is 0.929 bits per heavy atom. The molecule has 222 valence electrons. The van der Waals surface area contributed by atoms with E-state index in [0.29, 0.717) is 61.3 Å². The van der Waals surface area contributed by atoms with Crippen LogP contribution < -0.4 is 14.2 Å². The van der Waals surface area contributed by atoms with Crippen molar-refractivity contribution in [3.05, 3.63) is 82.9 Å². The molecule has 2 aliphatic rings. The van der Waals surface area contributed by atoms with Crippen molar-refractivity contribution < 1.29 is 41.0 Å². The van der Waals surface area contributed by atoms with E-state index in [1.54, 1.807) is 33.9 Å². The smallest absolute Gasteiger partial charge is 0.264 e. The normalized spacial score (nSPS) is 15.3. The predicted molar refractivity (Wildman–Crippen MR) is 150 cm³/mol. The molecule has 1 aliphatic heterocycles. The number of benzene rings is 3. The Hall–Kier alpha value is -4.03. The molecule has 0 atom stereocenters. The maximum atomic E-state index is 14.7. The fourth-order valence-electron chi connectivity index (χ4n) is 4.43. The molecule has 1 saturated heterocycles. The fraction of sp³-hybridized carbons (Fsp3) is 0.333. The molecule has 1 aliphatic carbocycles. The molecule has 2 amide bonds. The minimum absolute atomic E-state index is 0.0746. The number of sulfonamides is 1. The van der Waals surface area contributed by atoms with Crippen LogP contribution in [0.3, 0.4) is 0 Å². The first-order chi connectivity index (χ1) is 20.0. The summed E-state index contributed by atoms with van der Waals surface area (Å²) in [6.07, 6.45) is 3.01. The molecule has 3 aromatic carbocycles. The van der Waals surface area contributed by atoms with Gasteiger partial charge >= 0.3 is 0 Å². The van der Waals surface area contributed by atoms with Crippen molar-refractivity contribution in [3.8, 4) is 22.6 Å². The van der Waals surface area contributed by atoms with Crippen molar-refractivity contribution in [2.24, 2.45) is 5.92 Å². The monoisotopic (exact) mass is 600 g/mol. The Kier molecular flexibility index (Phi) is 8.74. The third-order valence-electron chi connectivity index (χ3n) is 6.83. The Morgan fingerprint density at radius 2 is 1.62 bits per heavy atom. The van der Waals surface area contributed by atoms with Gasteiger partial charge in [0.15, 0.2) is 0 Å².